The molecular weight excluding hydrogens is 816 g/mol. The van der Waals surface area contributed by atoms with Crippen LogP contribution in [0.3, 0.4) is 0 Å². The number of ketones is 4. The minimum absolute atomic E-state index is 0.000515. The maximum atomic E-state index is 15.2. The van der Waals surface area contributed by atoms with Crippen molar-refractivity contribution < 1.29 is 67.8 Å². The van der Waals surface area contributed by atoms with Gasteiger partial charge in [-0.25, -0.2) is 9.18 Å². The number of Topliss-reactive ketones (excluding diaryl/α,β-unsaturated/α-hetero) is 2. The monoisotopic (exact) mass is 880 g/mol. The highest BCUT2D eigenvalue weighted by Crippen LogP contribution is 2.70. The minimum Gasteiger partial charge on any atom is -0.457 e. The lowest BCUT2D eigenvalue weighted by Crippen LogP contribution is -2.63. The molecule has 0 aromatic heterocycles. The van der Waals surface area contributed by atoms with Crippen LogP contribution in [-0.2, 0) is 38.2 Å². The van der Waals surface area contributed by atoms with Crippen LogP contribution in [0.5, 0.6) is 0 Å². The van der Waals surface area contributed by atoms with E-state index >= 15 is 4.39 Å². The third kappa shape index (κ3) is 6.97. The van der Waals surface area contributed by atoms with E-state index in [2.05, 4.69) is 6.92 Å². The Morgan fingerprint density at radius 3 is 2.06 bits per heavy atom. The van der Waals surface area contributed by atoms with E-state index < -0.39 is 88.1 Å². The Morgan fingerprint density at radius 1 is 0.810 bits per heavy atom. The van der Waals surface area contributed by atoms with Crippen molar-refractivity contribution in [1.82, 2.24) is 0 Å². The number of halogens is 1. The zero-order valence-electron chi connectivity index (χ0n) is 37.6. The first-order chi connectivity index (χ1) is 29.5. The molecule has 0 aromatic carbocycles. The van der Waals surface area contributed by atoms with Crippen LogP contribution < -0.4 is 0 Å². The molecule has 0 aliphatic heterocycles. The second-order valence-corrected chi connectivity index (χ2v) is 20.6. The summed E-state index contributed by atoms with van der Waals surface area (Å²) in [4.78, 5) is 74.3. The number of fused-ring (bicyclic) bond motifs is 10. The van der Waals surface area contributed by atoms with E-state index in [-0.39, 0.29) is 91.7 Å². The first-order valence-corrected chi connectivity index (χ1v) is 22.8. The molecule has 0 amide bonds. The number of carbonyl (C=O) groups excluding carboxylic acids is 6. The van der Waals surface area contributed by atoms with Gasteiger partial charge < -0.3 is 34.6 Å². The SMILES string of the molecule is CCOC(=O)O[C@]1(C(=O)COC(=O)CC)CC[C@H]2[C@@H]3CCC4=CC(=O)C=C[C@]4(C)[C@H]3[C@@H](O)C[C@@]21C.C[C@@H]1C[C@H]2[C@@H]3C[C@H](F)C4=CC(=O)C=C[C@]4(C)[C@H]3[C@@H](O)C[C@]2(C)[C@@]1(O)C(=O)CO. The Kier molecular flexibility index (Phi) is 12.4. The number of ether oxygens (including phenoxy) is 3. The lowest BCUT2D eigenvalue weighted by Gasteiger charge is -2.60. The fraction of sp³-hybridized carbons (Fsp3) is 0.714. The molecule has 0 aromatic rings. The number of hydrogen-bond acceptors (Lipinski definition) is 13. The van der Waals surface area contributed by atoms with Gasteiger partial charge in [0.05, 0.1) is 18.8 Å². The van der Waals surface area contributed by atoms with Gasteiger partial charge in [-0.15, -0.1) is 0 Å². The summed E-state index contributed by atoms with van der Waals surface area (Å²) in [5, 5.41) is 43.6. The van der Waals surface area contributed by atoms with Crippen molar-refractivity contribution in [2.24, 2.45) is 63.1 Å². The van der Waals surface area contributed by atoms with E-state index in [0.717, 1.165) is 18.4 Å². The first kappa shape index (κ1) is 47.1. The molecule has 0 spiro atoms. The van der Waals surface area contributed by atoms with E-state index in [1.807, 2.05) is 19.9 Å². The highest BCUT2D eigenvalue weighted by molar-refractivity contribution is 6.02. The van der Waals surface area contributed by atoms with Gasteiger partial charge in [-0.2, -0.15) is 0 Å². The smallest absolute Gasteiger partial charge is 0.457 e. The summed E-state index contributed by atoms with van der Waals surface area (Å²) in [6, 6.07) is 0. The summed E-state index contributed by atoms with van der Waals surface area (Å²) < 4.78 is 31.3. The van der Waals surface area contributed by atoms with E-state index in [1.165, 1.54) is 12.2 Å². The van der Waals surface area contributed by atoms with Gasteiger partial charge in [0.25, 0.3) is 0 Å². The van der Waals surface area contributed by atoms with Gasteiger partial charge in [0.2, 0.25) is 5.78 Å². The van der Waals surface area contributed by atoms with Gasteiger partial charge in [-0.1, -0.05) is 59.3 Å². The second-order valence-electron chi connectivity index (χ2n) is 20.6. The summed E-state index contributed by atoms with van der Waals surface area (Å²) in [5.41, 5.74) is -4.81. The highest BCUT2D eigenvalue weighted by Gasteiger charge is 2.72. The van der Waals surface area contributed by atoms with Gasteiger partial charge in [0.1, 0.15) is 18.4 Å². The molecular formula is C49H65FO13. The van der Waals surface area contributed by atoms with E-state index in [0.29, 0.717) is 18.4 Å². The topological polar surface area (TPSA) is 211 Å². The quantitative estimate of drug-likeness (QED) is 0.224. The van der Waals surface area contributed by atoms with Crippen LogP contribution in [0.4, 0.5) is 9.18 Å². The average molecular weight is 881 g/mol. The third-order valence-electron chi connectivity index (χ3n) is 17.9. The highest BCUT2D eigenvalue weighted by atomic mass is 19.1. The molecule has 0 saturated heterocycles. The lowest BCUT2D eigenvalue weighted by molar-refractivity contribution is -0.185. The third-order valence-corrected chi connectivity index (χ3v) is 17.9. The Labute approximate surface area is 368 Å². The summed E-state index contributed by atoms with van der Waals surface area (Å²) in [6.07, 6.45) is 9.60. The van der Waals surface area contributed by atoms with Crippen molar-refractivity contribution in [3.63, 3.8) is 0 Å². The molecule has 8 aliphatic carbocycles. The predicted octanol–water partition coefficient (Wildman–Crippen LogP) is 5.45. The molecule has 16 atom stereocenters. The van der Waals surface area contributed by atoms with Crippen LogP contribution in [0.25, 0.3) is 0 Å². The van der Waals surface area contributed by atoms with Crippen molar-refractivity contribution >= 4 is 35.3 Å². The van der Waals surface area contributed by atoms with E-state index in [1.54, 1.807) is 45.9 Å². The summed E-state index contributed by atoms with van der Waals surface area (Å²) in [6.45, 7) is 11.6. The van der Waals surface area contributed by atoms with Crippen molar-refractivity contribution in [2.45, 2.75) is 136 Å². The van der Waals surface area contributed by atoms with Gasteiger partial charge in [-0.3, -0.25) is 24.0 Å². The molecule has 13 nitrogen and oxygen atoms in total. The van der Waals surface area contributed by atoms with Crippen molar-refractivity contribution in [2.75, 3.05) is 19.8 Å². The summed E-state index contributed by atoms with van der Waals surface area (Å²) in [5.74, 6) is -2.98. The van der Waals surface area contributed by atoms with Crippen LogP contribution >= 0.6 is 0 Å². The Hall–Kier alpha value is -3.85. The Bertz CT molecular complexity index is 2060. The molecule has 8 aliphatic rings. The minimum atomic E-state index is -1.74. The Balaban J connectivity index is 0.000000193. The first-order valence-electron chi connectivity index (χ1n) is 22.8. The number of aliphatic hydroxyl groups is 4. The van der Waals surface area contributed by atoms with Gasteiger partial charge in [-0.05, 0) is 118 Å². The molecule has 0 unspecified atom stereocenters. The fourth-order valence-corrected chi connectivity index (χ4v) is 15.0. The van der Waals surface area contributed by atoms with Crippen molar-refractivity contribution in [1.29, 1.82) is 0 Å². The van der Waals surface area contributed by atoms with E-state index in [9.17, 15) is 49.2 Å². The summed E-state index contributed by atoms with van der Waals surface area (Å²) >= 11 is 0. The molecule has 6 saturated carbocycles. The van der Waals surface area contributed by atoms with Crippen LogP contribution in [0.15, 0.2) is 47.6 Å². The maximum Gasteiger partial charge on any atom is 0.509 e. The number of allylic oxidation sites excluding steroid dienone is 8. The van der Waals surface area contributed by atoms with Gasteiger partial charge in [0.15, 0.2) is 29.6 Å². The van der Waals surface area contributed by atoms with Crippen molar-refractivity contribution in [3.05, 3.63) is 47.6 Å². The largest absolute Gasteiger partial charge is 0.509 e. The maximum absolute atomic E-state index is 15.2. The second kappa shape index (κ2) is 16.5. The zero-order valence-corrected chi connectivity index (χ0v) is 37.6. The number of aliphatic hydroxyl groups excluding tert-OH is 3. The molecule has 0 radical (unpaired) electrons. The lowest BCUT2D eigenvalue weighted by atomic mass is 9.46. The van der Waals surface area contributed by atoms with Gasteiger partial charge in [0, 0.05) is 39.9 Å². The van der Waals surface area contributed by atoms with Crippen LogP contribution in [0, 0.1) is 63.1 Å². The molecule has 346 valence electrons. The predicted molar refractivity (Wildman–Crippen MR) is 225 cm³/mol. The fourth-order valence-electron chi connectivity index (χ4n) is 15.0. The molecule has 6 fully saturated rings. The van der Waals surface area contributed by atoms with Crippen LogP contribution in [0.1, 0.15) is 106 Å². The average Bonchev–Trinajstić information content (AvgIpc) is 3.63. The standard InChI is InChI=1S/C27H36O8.C22H29FO5/c1-5-22(31)34-15-21(30)27(35-24(32)33-6-2)12-10-19-18-8-7-16-13-17(28)9-11-25(16,3)23(18)20(29)14-26(19,27)4;1-11-6-14-13-8-16(23)15-7-12(25)4-5-20(15,2)19(13)17(26)9-21(14,3)22(11,28)18(27)10-24/h9,11,13,18-20,23,29H,5-8,10,12,14-15H2,1-4H3;4-5,7,11,13-14,16-17,19,24,26,28H,6,8-10H2,1-3H3/t18-,19-,20-,23+,25-,26-,27-;11-,13+,14+,16+,17+,19-,20+,21+,22+/m01/s1. The van der Waals surface area contributed by atoms with Crippen LogP contribution in [0.2, 0.25) is 0 Å². The van der Waals surface area contributed by atoms with E-state index in [4.69, 9.17) is 14.2 Å². The summed E-state index contributed by atoms with van der Waals surface area (Å²) in [7, 11) is 0. The molecule has 0 bridgehead atoms. The Morgan fingerprint density at radius 2 is 1.43 bits per heavy atom. The molecule has 63 heavy (non-hydrogen) atoms. The normalized spacial score (nSPS) is 45.3. The zero-order chi connectivity index (χ0) is 46.2. The molecule has 0 heterocycles. The van der Waals surface area contributed by atoms with Crippen LogP contribution in [-0.4, -0.2) is 105 Å². The number of hydrogen-bond donors (Lipinski definition) is 4. The van der Waals surface area contributed by atoms with Gasteiger partial charge >= 0.3 is 12.1 Å². The number of alkyl halides is 1. The number of esters is 1. The molecule has 14 heteroatoms. The number of carbonyl (C=O) groups is 6. The van der Waals surface area contributed by atoms with Crippen molar-refractivity contribution in [3.8, 4) is 0 Å². The molecule has 4 N–H and O–H groups in total. The number of rotatable bonds is 8. The molecule has 8 rings (SSSR count).